The minimum Gasteiger partial charge on any atom is -0.396 e. The van der Waals surface area contributed by atoms with E-state index in [2.05, 4.69) is 15.0 Å². The highest BCUT2D eigenvalue weighted by atomic mass is 35.5. The van der Waals surface area contributed by atoms with E-state index >= 15 is 0 Å². The maximum atomic E-state index is 14.1. The number of nitrogen functional groups attached to an aromatic ring is 1. The highest BCUT2D eigenvalue weighted by Crippen LogP contribution is 2.33. The molecule has 3 rings (SSSR count). The zero-order valence-electron chi connectivity index (χ0n) is 12.8. The van der Waals surface area contributed by atoms with Crippen LogP contribution in [0.4, 0.5) is 14.5 Å². The van der Waals surface area contributed by atoms with Crippen molar-refractivity contribution in [2.24, 2.45) is 5.73 Å². The third-order valence-corrected chi connectivity index (χ3v) is 4.21. The number of hydrogen-bond donors (Lipinski definition) is 2. The summed E-state index contributed by atoms with van der Waals surface area (Å²) < 4.78 is 28.7. The number of nitrogens with two attached hydrogens (primary N) is 2. The van der Waals surface area contributed by atoms with Crippen molar-refractivity contribution < 1.29 is 13.6 Å². The molecule has 0 fully saturated rings. The average Bonchev–Trinajstić information content (AvgIpc) is 2.58. The molecule has 0 atom stereocenters. The van der Waals surface area contributed by atoms with Crippen LogP contribution in [0.2, 0.25) is 5.15 Å². The monoisotopic (exact) mass is 400 g/mol. The predicted molar refractivity (Wildman–Crippen MR) is 90.9 cm³/mol. The first kappa shape index (κ1) is 18.0. The van der Waals surface area contributed by atoms with Crippen LogP contribution in [0.3, 0.4) is 0 Å². The van der Waals surface area contributed by atoms with E-state index in [0.29, 0.717) is 4.09 Å². The average molecular weight is 401 g/mol. The summed E-state index contributed by atoms with van der Waals surface area (Å²) in [5.41, 5.74) is 7.59. The molecule has 3 heterocycles. The van der Waals surface area contributed by atoms with Crippen molar-refractivity contribution in [1.29, 1.82) is 0 Å². The Morgan fingerprint density at radius 1 is 1.27 bits per heavy atom. The minimum absolute atomic E-state index is 0.0138. The molecule has 0 aliphatic heterocycles. The fourth-order valence-corrected chi connectivity index (χ4v) is 2.70. The van der Waals surface area contributed by atoms with Crippen LogP contribution in [-0.4, -0.2) is 24.9 Å². The Hall–Kier alpha value is -2.85. The molecule has 0 aromatic carbocycles. The molecule has 0 saturated heterocycles. The van der Waals surface area contributed by atoms with Gasteiger partial charge in [-0.25, -0.2) is 22.8 Å². The van der Waals surface area contributed by atoms with Gasteiger partial charge in [0.15, 0.2) is 16.8 Å². The lowest BCUT2D eigenvalue weighted by Gasteiger charge is -2.12. The number of anilines is 1. The number of hydrogen-bond acceptors (Lipinski definition) is 6. The lowest BCUT2D eigenvalue weighted by Crippen LogP contribution is -2.21. The fraction of sp³-hybridized carbons (Fsp3) is 0.0714. The van der Waals surface area contributed by atoms with Gasteiger partial charge in [0.2, 0.25) is 0 Å². The van der Waals surface area contributed by atoms with Crippen LogP contribution in [0.15, 0.2) is 11.0 Å². The van der Waals surface area contributed by atoms with Gasteiger partial charge in [0, 0.05) is 11.8 Å². The molecule has 1 amide bonds. The summed E-state index contributed by atoms with van der Waals surface area (Å²) in [4.78, 5) is 35.6. The minimum atomic E-state index is -1.17. The van der Waals surface area contributed by atoms with Crippen LogP contribution >= 0.6 is 23.4 Å². The van der Waals surface area contributed by atoms with Gasteiger partial charge in [0.25, 0.3) is 11.5 Å². The molecular formula is C14H8Cl2F2N6O2. The van der Waals surface area contributed by atoms with E-state index in [-0.39, 0.29) is 17.0 Å². The highest BCUT2D eigenvalue weighted by molar-refractivity contribution is 6.30. The number of aryl methyl sites for hydroxylation is 1. The van der Waals surface area contributed by atoms with E-state index in [1.807, 2.05) is 0 Å². The Kier molecular flexibility index (Phi) is 4.24. The summed E-state index contributed by atoms with van der Waals surface area (Å²) in [6.45, 7) is 1.38. The van der Waals surface area contributed by atoms with Gasteiger partial charge in [-0.3, -0.25) is 14.6 Å². The van der Waals surface area contributed by atoms with Crippen molar-refractivity contribution in [1.82, 2.24) is 19.0 Å². The Labute approximate surface area is 153 Å². The largest absolute Gasteiger partial charge is 0.396 e. The van der Waals surface area contributed by atoms with Gasteiger partial charge in [-0.2, -0.15) is 0 Å². The molecular weight excluding hydrogens is 393 g/mol. The number of nitrogens with zero attached hydrogens (tertiary/aromatic N) is 4. The molecule has 26 heavy (non-hydrogen) atoms. The van der Waals surface area contributed by atoms with Gasteiger partial charge in [-0.15, -0.1) is 0 Å². The van der Waals surface area contributed by atoms with Crippen molar-refractivity contribution >= 4 is 45.9 Å². The molecule has 0 unspecified atom stereocenters. The summed E-state index contributed by atoms with van der Waals surface area (Å²) >= 11 is 11.5. The van der Waals surface area contributed by atoms with E-state index in [4.69, 9.17) is 34.8 Å². The summed E-state index contributed by atoms with van der Waals surface area (Å²) in [5.74, 6) is -3.21. The maximum Gasteiger partial charge on any atom is 0.278 e. The highest BCUT2D eigenvalue weighted by Gasteiger charge is 2.26. The van der Waals surface area contributed by atoms with Crippen molar-refractivity contribution in [2.75, 3.05) is 5.73 Å². The van der Waals surface area contributed by atoms with E-state index in [1.54, 1.807) is 0 Å². The Morgan fingerprint density at radius 3 is 2.54 bits per heavy atom. The quantitative estimate of drug-likeness (QED) is 0.630. The van der Waals surface area contributed by atoms with E-state index in [9.17, 15) is 18.4 Å². The second kappa shape index (κ2) is 6.15. The molecule has 8 nitrogen and oxygen atoms in total. The summed E-state index contributed by atoms with van der Waals surface area (Å²) in [6.07, 6.45) is 0.752. The van der Waals surface area contributed by atoms with Crippen molar-refractivity contribution in [3.05, 3.63) is 44.7 Å². The number of halogens is 4. The summed E-state index contributed by atoms with van der Waals surface area (Å²) in [5, 5.41) is -1.09. The molecule has 0 bridgehead atoms. The molecule has 0 aliphatic carbocycles. The number of fused-ring (bicyclic) bond motifs is 1. The van der Waals surface area contributed by atoms with Crippen molar-refractivity contribution in [2.45, 2.75) is 6.92 Å². The van der Waals surface area contributed by atoms with Gasteiger partial charge < -0.3 is 11.5 Å². The lowest BCUT2D eigenvalue weighted by atomic mass is 10.0. The Morgan fingerprint density at radius 2 is 1.92 bits per heavy atom. The first-order valence-electron chi connectivity index (χ1n) is 6.83. The van der Waals surface area contributed by atoms with Gasteiger partial charge in [-0.1, -0.05) is 11.6 Å². The molecule has 0 radical (unpaired) electrons. The molecule has 0 spiro atoms. The zero-order chi connectivity index (χ0) is 19.3. The van der Waals surface area contributed by atoms with Crippen LogP contribution < -0.4 is 17.0 Å². The first-order valence-corrected chi connectivity index (χ1v) is 7.55. The number of pyridine rings is 2. The molecule has 3 aromatic rings. The predicted octanol–water partition coefficient (Wildman–Crippen LogP) is 1.78. The summed E-state index contributed by atoms with van der Waals surface area (Å²) in [7, 11) is 0. The van der Waals surface area contributed by atoms with Crippen LogP contribution in [0, 0.1) is 18.6 Å². The number of aromatic nitrogens is 4. The van der Waals surface area contributed by atoms with Crippen LogP contribution in [-0.2, 0) is 0 Å². The smallest absolute Gasteiger partial charge is 0.278 e. The number of amides is 1. The molecule has 12 heteroatoms. The zero-order valence-corrected chi connectivity index (χ0v) is 14.4. The third-order valence-electron chi connectivity index (χ3n) is 3.56. The van der Waals surface area contributed by atoms with E-state index in [0.717, 1.165) is 6.20 Å². The number of primary amides is 1. The van der Waals surface area contributed by atoms with Crippen molar-refractivity contribution in [3.8, 4) is 11.4 Å². The van der Waals surface area contributed by atoms with Gasteiger partial charge in [-0.05, 0) is 6.92 Å². The number of carbonyl (C=O) groups excluding carboxylic acids is 1. The van der Waals surface area contributed by atoms with Crippen LogP contribution in [0.25, 0.3) is 22.3 Å². The fourth-order valence-electron chi connectivity index (χ4n) is 2.39. The third kappa shape index (κ3) is 2.54. The topological polar surface area (TPSA) is 130 Å². The SMILES string of the molecule is Cc1nc2c(F)cnc(-c3nc(Cl)c(F)c(N)c3C(N)=O)c2c(=O)n1Cl. The molecule has 3 aromatic heterocycles. The van der Waals surface area contributed by atoms with Crippen molar-refractivity contribution in [3.63, 3.8) is 0 Å². The van der Waals surface area contributed by atoms with Gasteiger partial charge in [0.05, 0.1) is 22.8 Å². The first-order chi connectivity index (χ1) is 12.1. The molecule has 134 valence electrons. The molecule has 4 N–H and O–H groups in total. The van der Waals surface area contributed by atoms with E-state index < -0.39 is 50.6 Å². The normalized spacial score (nSPS) is 11.1. The maximum absolute atomic E-state index is 14.1. The number of carbonyl (C=O) groups is 1. The molecule has 0 saturated carbocycles. The summed E-state index contributed by atoms with van der Waals surface area (Å²) in [6, 6.07) is 0. The van der Waals surface area contributed by atoms with E-state index in [1.165, 1.54) is 6.92 Å². The molecule has 0 aliphatic rings. The van der Waals surface area contributed by atoms with Crippen LogP contribution in [0.5, 0.6) is 0 Å². The van der Waals surface area contributed by atoms with Gasteiger partial charge in [0.1, 0.15) is 22.7 Å². The Balaban J connectivity index is 2.57. The van der Waals surface area contributed by atoms with Gasteiger partial charge >= 0.3 is 0 Å². The lowest BCUT2D eigenvalue weighted by molar-refractivity contribution is 0.100. The second-order valence-electron chi connectivity index (χ2n) is 5.14. The Bertz CT molecular complexity index is 1160. The standard InChI is InChI=1S/C14H8Cl2F2N6O2/c1-3-22-9-4(17)2-21-10(6(9)14(26)24(3)16)11-5(13(20)25)8(19)7(18)12(15)23-11/h2H,1H3,(H2,19,23)(H2,20,25). The second-order valence-corrected chi connectivity index (χ2v) is 5.84. The number of rotatable bonds is 2. The van der Waals surface area contributed by atoms with Crippen LogP contribution in [0.1, 0.15) is 16.2 Å².